The lowest BCUT2D eigenvalue weighted by Crippen LogP contribution is -2.44. The molecule has 1 saturated heterocycles. The highest BCUT2D eigenvalue weighted by Gasteiger charge is 2.65. The van der Waals surface area contributed by atoms with Crippen molar-refractivity contribution in [2.24, 2.45) is 23.7 Å². The van der Waals surface area contributed by atoms with Gasteiger partial charge in [-0.1, -0.05) is 30.3 Å². The molecule has 2 saturated carbocycles. The summed E-state index contributed by atoms with van der Waals surface area (Å²) in [4.78, 5) is 23.9. The molecule has 1 aromatic carbocycles. The van der Waals surface area contributed by atoms with Crippen molar-refractivity contribution in [3.63, 3.8) is 0 Å². The van der Waals surface area contributed by atoms with Gasteiger partial charge in [0.1, 0.15) is 0 Å². The third-order valence-corrected chi connectivity index (χ3v) is 8.65. The Morgan fingerprint density at radius 2 is 1.75 bits per heavy atom. The van der Waals surface area contributed by atoms with Gasteiger partial charge in [0.05, 0.1) is 18.9 Å². The average Bonchev–Trinajstić information content (AvgIpc) is 3.24. The number of esters is 1. The smallest absolute Gasteiger partial charge is 0.309 e. The first-order chi connectivity index (χ1) is 11.6. The van der Waals surface area contributed by atoms with Crippen molar-refractivity contribution < 1.29 is 19.4 Å². The Balaban J connectivity index is 1.60. The maximum absolute atomic E-state index is 12.2. The number of fused-ring (bicyclic) bond motifs is 5. The van der Waals surface area contributed by atoms with E-state index in [0.717, 1.165) is 12.0 Å². The second kappa shape index (κ2) is 6.15. The van der Waals surface area contributed by atoms with Gasteiger partial charge in [-0.25, -0.2) is 0 Å². The summed E-state index contributed by atoms with van der Waals surface area (Å²) in [5.74, 6) is -2.16. The predicted octanol–water partition coefficient (Wildman–Crippen LogP) is 3.34. The Morgan fingerprint density at radius 1 is 1.12 bits per heavy atom. The van der Waals surface area contributed by atoms with Gasteiger partial charge in [0.2, 0.25) is 0 Å². The van der Waals surface area contributed by atoms with E-state index in [1.165, 1.54) is 11.3 Å². The number of aliphatic carboxylic acids is 1. The zero-order valence-electron chi connectivity index (χ0n) is 13.1. The highest BCUT2D eigenvalue weighted by atomic mass is 32.2. The topological polar surface area (TPSA) is 63.6 Å². The number of thioether (sulfide) groups is 2. The third kappa shape index (κ3) is 2.47. The molecule has 0 aromatic heterocycles. The largest absolute Gasteiger partial charge is 0.481 e. The monoisotopic (exact) mass is 362 g/mol. The average molecular weight is 362 g/mol. The Bertz CT molecular complexity index is 702. The van der Waals surface area contributed by atoms with Crippen LogP contribution in [0.2, 0.25) is 0 Å². The summed E-state index contributed by atoms with van der Waals surface area (Å²) in [7, 11) is 1.35. The Hall–Kier alpha value is -1.40. The van der Waals surface area contributed by atoms with Crippen LogP contribution in [0.25, 0.3) is 6.08 Å². The Morgan fingerprint density at radius 3 is 2.33 bits per heavy atom. The number of hydrogen-bond acceptors (Lipinski definition) is 5. The molecule has 2 bridgehead atoms. The van der Waals surface area contributed by atoms with Crippen LogP contribution in [-0.2, 0) is 14.3 Å². The number of methoxy groups -OCH3 is 1. The number of benzene rings is 1. The normalized spacial score (nSPS) is 38.3. The van der Waals surface area contributed by atoms with E-state index in [4.69, 9.17) is 4.74 Å². The minimum absolute atomic E-state index is 0.0563. The lowest BCUT2D eigenvalue weighted by Gasteiger charge is -2.32. The number of carbonyl (C=O) groups excluding carboxylic acids is 1. The first-order valence-corrected chi connectivity index (χ1v) is 9.77. The summed E-state index contributed by atoms with van der Waals surface area (Å²) < 4.78 is 6.13. The molecule has 3 aliphatic rings. The molecule has 126 valence electrons. The molecule has 2 aliphatic carbocycles. The molecule has 6 heteroatoms. The molecule has 1 aliphatic heterocycles. The van der Waals surface area contributed by atoms with Crippen molar-refractivity contribution >= 4 is 41.5 Å². The van der Waals surface area contributed by atoms with Gasteiger partial charge in [-0.15, -0.1) is 23.5 Å². The maximum Gasteiger partial charge on any atom is 0.309 e. The Kier molecular flexibility index (Phi) is 4.12. The summed E-state index contributed by atoms with van der Waals surface area (Å²) in [5.41, 5.74) is 1.15. The van der Waals surface area contributed by atoms with Crippen molar-refractivity contribution in [3.8, 4) is 0 Å². The molecule has 1 N–H and O–H groups in total. The van der Waals surface area contributed by atoms with Gasteiger partial charge in [0.15, 0.2) is 0 Å². The third-order valence-electron chi connectivity index (χ3n) is 5.37. The van der Waals surface area contributed by atoms with Crippen LogP contribution in [0.1, 0.15) is 12.0 Å². The van der Waals surface area contributed by atoms with Crippen LogP contribution in [0.5, 0.6) is 0 Å². The van der Waals surface area contributed by atoms with Crippen LogP contribution in [0.4, 0.5) is 0 Å². The maximum atomic E-state index is 12.2. The molecule has 3 fully saturated rings. The van der Waals surface area contributed by atoms with Crippen LogP contribution >= 0.6 is 23.5 Å². The zero-order valence-corrected chi connectivity index (χ0v) is 14.8. The molecule has 0 amide bonds. The second-order valence-electron chi connectivity index (χ2n) is 6.52. The summed E-state index contributed by atoms with van der Waals surface area (Å²) in [6, 6.07) is 10.1. The minimum Gasteiger partial charge on any atom is -0.481 e. The van der Waals surface area contributed by atoms with Crippen molar-refractivity contribution in [2.75, 3.05) is 7.11 Å². The predicted molar refractivity (Wildman–Crippen MR) is 95.4 cm³/mol. The van der Waals surface area contributed by atoms with Gasteiger partial charge in [0, 0.05) is 14.7 Å². The highest BCUT2D eigenvalue weighted by Crippen LogP contribution is 2.66. The summed E-state index contributed by atoms with van der Waals surface area (Å²) in [6.07, 6.45) is 2.99. The lowest BCUT2D eigenvalue weighted by molar-refractivity contribution is -0.158. The number of carboxylic acid groups (broad SMARTS) is 1. The van der Waals surface area contributed by atoms with E-state index in [-0.39, 0.29) is 23.1 Å². The number of ether oxygens (including phenoxy) is 1. The molecule has 0 unspecified atom stereocenters. The molecule has 4 rings (SSSR count). The van der Waals surface area contributed by atoms with Crippen LogP contribution < -0.4 is 0 Å². The van der Waals surface area contributed by atoms with Gasteiger partial charge in [-0.05, 0) is 29.9 Å². The van der Waals surface area contributed by atoms with Gasteiger partial charge in [-0.3, -0.25) is 9.59 Å². The van der Waals surface area contributed by atoms with Gasteiger partial charge in [-0.2, -0.15) is 0 Å². The molecular formula is C18H18O4S2. The van der Waals surface area contributed by atoms with Crippen molar-refractivity contribution in [1.82, 2.24) is 0 Å². The van der Waals surface area contributed by atoms with Crippen molar-refractivity contribution in [1.29, 1.82) is 0 Å². The first kappa shape index (κ1) is 16.1. The molecule has 0 radical (unpaired) electrons. The number of rotatable bonds is 3. The molecular weight excluding hydrogens is 344 g/mol. The zero-order chi connectivity index (χ0) is 16.8. The van der Waals surface area contributed by atoms with Gasteiger partial charge in [0.25, 0.3) is 0 Å². The lowest BCUT2D eigenvalue weighted by atomic mass is 9.78. The fourth-order valence-corrected chi connectivity index (χ4v) is 8.21. The first-order valence-electron chi connectivity index (χ1n) is 8.01. The van der Waals surface area contributed by atoms with Crippen molar-refractivity contribution in [3.05, 3.63) is 40.1 Å². The highest BCUT2D eigenvalue weighted by molar-refractivity contribution is 8.26. The van der Waals surface area contributed by atoms with E-state index >= 15 is 0 Å². The van der Waals surface area contributed by atoms with Gasteiger partial charge >= 0.3 is 11.9 Å². The van der Waals surface area contributed by atoms with E-state index in [1.54, 1.807) is 11.8 Å². The molecule has 4 nitrogen and oxygen atoms in total. The number of carboxylic acids is 1. The van der Waals surface area contributed by atoms with E-state index in [2.05, 4.69) is 18.2 Å². The van der Waals surface area contributed by atoms with E-state index in [1.807, 2.05) is 30.0 Å². The summed E-state index contributed by atoms with van der Waals surface area (Å²) in [6.45, 7) is 0. The standard InChI is InChI=1S/C18H18O4S2/c1-22-18(21)14-11-8-10(13(14)17(19)20)15-16(11)24-12(23-15)7-9-5-3-2-4-6-9/h2-7,10-11,13-16H,8H2,1H3,(H,19,20)/b12-7-/t10-,11+,13-,14+,15-,16+/m1/s1. The van der Waals surface area contributed by atoms with Crippen LogP contribution in [0.15, 0.2) is 34.6 Å². The summed E-state index contributed by atoms with van der Waals surface area (Å²) in [5, 5.41) is 10.2. The Labute approximate surface area is 149 Å². The fourth-order valence-electron chi connectivity index (χ4n) is 4.46. The number of hydrogen-bond donors (Lipinski definition) is 1. The van der Waals surface area contributed by atoms with Crippen LogP contribution in [0.3, 0.4) is 0 Å². The molecule has 1 heterocycles. The number of carbonyl (C=O) groups is 2. The summed E-state index contributed by atoms with van der Waals surface area (Å²) >= 11 is 3.60. The quantitative estimate of drug-likeness (QED) is 0.832. The van der Waals surface area contributed by atoms with Crippen molar-refractivity contribution in [2.45, 2.75) is 16.9 Å². The molecule has 24 heavy (non-hydrogen) atoms. The van der Waals surface area contributed by atoms with E-state index < -0.39 is 17.8 Å². The van der Waals surface area contributed by atoms with E-state index in [0.29, 0.717) is 5.25 Å². The second-order valence-corrected chi connectivity index (χ2v) is 9.21. The molecule has 0 spiro atoms. The van der Waals surface area contributed by atoms with E-state index in [9.17, 15) is 14.7 Å². The minimum atomic E-state index is -0.859. The molecule has 1 aromatic rings. The fraction of sp³-hybridized carbons (Fsp3) is 0.444. The molecule has 6 atom stereocenters. The van der Waals surface area contributed by atoms with Crippen LogP contribution in [-0.4, -0.2) is 34.7 Å². The van der Waals surface area contributed by atoms with Crippen LogP contribution in [0, 0.1) is 23.7 Å². The van der Waals surface area contributed by atoms with Gasteiger partial charge < -0.3 is 9.84 Å². The SMILES string of the molecule is COC(=O)[C@H]1[C@@H]2C[C@@H]([C@H]3S/C(=C/c4ccccc4)S[C@@H]23)[C@H]1C(=O)O.